The number of nitrogens with two attached hydrogens (primary N) is 2. The lowest BCUT2D eigenvalue weighted by Gasteiger charge is -2.50. The number of nitrogens with zero attached hydrogens (tertiary/aromatic N) is 4. The molecule has 4 amide bonds. The van der Waals surface area contributed by atoms with E-state index in [1.165, 1.54) is 24.3 Å². The Balaban J connectivity index is 0.000000185. The van der Waals surface area contributed by atoms with Gasteiger partial charge < -0.3 is 26.6 Å². The molecule has 0 aliphatic carbocycles. The van der Waals surface area contributed by atoms with Gasteiger partial charge in [0.2, 0.25) is 11.8 Å². The summed E-state index contributed by atoms with van der Waals surface area (Å²) in [6.07, 6.45) is 12.8. The highest BCUT2D eigenvalue weighted by molar-refractivity contribution is 6.31. The number of piperazine rings is 2. The summed E-state index contributed by atoms with van der Waals surface area (Å²) in [7, 11) is 0. The Bertz CT molecular complexity index is 2230. The van der Waals surface area contributed by atoms with Gasteiger partial charge in [0.15, 0.2) is 0 Å². The fraction of sp³-hybridized carbons (Fsp3) is 0.340. The van der Waals surface area contributed by atoms with Crippen molar-refractivity contribution in [3.63, 3.8) is 0 Å². The van der Waals surface area contributed by atoms with Gasteiger partial charge in [-0.3, -0.25) is 19.4 Å². The SMILES string of the molecule is NC(=O)Nc1cc(Cl)ccc1/C=C/C(=O)N1C2CCCC1CN(Cc1ccc(F)cc1)C2.Nc1cc(Cl)ccc1/C=C/C(=O)N1C2CCCC1CN(Cc1ccc(F)cc1)C2. The maximum atomic E-state index is 13.2. The number of likely N-dealkylation sites (tertiary alicyclic amines) is 2. The van der Waals surface area contributed by atoms with Gasteiger partial charge in [-0.05, 0) is 121 Å². The third-order valence-electron chi connectivity index (χ3n) is 11.9. The summed E-state index contributed by atoms with van der Waals surface area (Å²) in [5.41, 5.74) is 15.9. The molecule has 5 N–H and O–H groups in total. The van der Waals surface area contributed by atoms with E-state index < -0.39 is 6.03 Å². The van der Waals surface area contributed by atoms with Crippen LogP contribution in [0.25, 0.3) is 12.2 Å². The largest absolute Gasteiger partial charge is 0.398 e. The van der Waals surface area contributed by atoms with Gasteiger partial charge in [0.05, 0.1) is 5.69 Å². The molecule has 14 heteroatoms. The normalized spacial score (nSPS) is 21.6. The minimum Gasteiger partial charge on any atom is -0.398 e. The van der Waals surface area contributed by atoms with Crippen molar-refractivity contribution >= 4 is 64.6 Å². The van der Waals surface area contributed by atoms with Crippen LogP contribution in [0.5, 0.6) is 0 Å². The number of rotatable bonds is 9. The Labute approximate surface area is 365 Å². The number of nitrogens with one attached hydrogen (secondary N) is 1. The van der Waals surface area contributed by atoms with Crippen molar-refractivity contribution < 1.29 is 23.2 Å². The first kappa shape index (κ1) is 43.8. The van der Waals surface area contributed by atoms with Gasteiger partial charge in [0.1, 0.15) is 11.6 Å². The Morgan fingerprint density at radius 2 is 1.03 bits per heavy atom. The Morgan fingerprint density at radius 1 is 0.623 bits per heavy atom. The number of piperidine rings is 2. The van der Waals surface area contributed by atoms with Crippen LogP contribution in [0.15, 0.2) is 97.1 Å². The molecule has 8 rings (SSSR count). The monoisotopic (exact) mass is 869 g/mol. The average molecular weight is 871 g/mol. The maximum absolute atomic E-state index is 13.2. The number of hydrogen-bond acceptors (Lipinski definition) is 6. The number of amides is 4. The summed E-state index contributed by atoms with van der Waals surface area (Å²) < 4.78 is 26.4. The lowest BCUT2D eigenvalue weighted by Crippen LogP contribution is -2.61. The summed E-state index contributed by atoms with van der Waals surface area (Å²) >= 11 is 12.0. The zero-order valence-corrected chi connectivity index (χ0v) is 35.4. The van der Waals surface area contributed by atoms with Crippen molar-refractivity contribution in [2.45, 2.75) is 75.8 Å². The van der Waals surface area contributed by atoms with E-state index in [4.69, 9.17) is 34.7 Å². The second-order valence-electron chi connectivity index (χ2n) is 16.3. The third-order valence-corrected chi connectivity index (χ3v) is 12.3. The number of fused-ring (bicyclic) bond motifs is 4. The molecule has 4 bridgehead atoms. The Morgan fingerprint density at radius 3 is 1.46 bits per heavy atom. The van der Waals surface area contributed by atoms with Crippen LogP contribution in [-0.2, 0) is 22.7 Å². The molecule has 4 aliphatic rings. The van der Waals surface area contributed by atoms with Crippen molar-refractivity contribution in [3.8, 4) is 0 Å². The van der Waals surface area contributed by atoms with Gasteiger partial charge in [-0.1, -0.05) is 59.6 Å². The molecular weight excluding hydrogens is 819 g/mol. The summed E-state index contributed by atoms with van der Waals surface area (Å²) in [5, 5.41) is 3.58. The minimum absolute atomic E-state index is 0.0375. The standard InChI is InChI=1S/C24H26ClFN4O2.C23H25ClFN3O/c25-18-8-6-17(22(12-18)28-24(27)32)7-11-23(31)30-20-2-1-3-21(30)15-29(14-20)13-16-4-9-19(26)10-5-16;24-18-8-6-17(22(26)12-18)7-11-23(29)28-20-2-1-3-21(28)15-27(14-20)13-16-4-9-19(25)10-5-16/h4-12,20-21H,1-3,13-15H2,(H3,27,28,32);4-12,20-21H,1-3,13-15,26H2/b2*11-7+. The molecule has 4 heterocycles. The highest BCUT2D eigenvalue weighted by Gasteiger charge is 2.40. The number of primary amides is 1. The van der Waals surface area contributed by atoms with E-state index in [9.17, 15) is 23.2 Å². The van der Waals surface area contributed by atoms with E-state index in [2.05, 4.69) is 15.1 Å². The van der Waals surface area contributed by atoms with Crippen molar-refractivity contribution in [2.75, 3.05) is 37.2 Å². The van der Waals surface area contributed by atoms with Crippen LogP contribution in [0.4, 0.5) is 25.0 Å². The fourth-order valence-corrected chi connectivity index (χ4v) is 9.52. The average Bonchev–Trinajstić information content (AvgIpc) is 3.21. The van der Waals surface area contributed by atoms with E-state index >= 15 is 0 Å². The van der Waals surface area contributed by atoms with Crippen LogP contribution >= 0.6 is 23.2 Å². The number of halogens is 4. The highest BCUT2D eigenvalue weighted by Crippen LogP contribution is 2.32. The van der Waals surface area contributed by atoms with E-state index in [1.54, 1.807) is 54.6 Å². The summed E-state index contributed by atoms with van der Waals surface area (Å²) in [6, 6.07) is 23.6. The van der Waals surface area contributed by atoms with Crippen LogP contribution in [0.3, 0.4) is 0 Å². The second-order valence-corrected chi connectivity index (χ2v) is 17.1. The molecule has 0 saturated carbocycles. The van der Waals surface area contributed by atoms with Gasteiger partial charge >= 0.3 is 6.03 Å². The van der Waals surface area contributed by atoms with Crippen molar-refractivity contribution in [1.82, 2.24) is 19.6 Å². The van der Waals surface area contributed by atoms with Crippen LogP contribution in [-0.4, -0.2) is 87.8 Å². The first-order valence-electron chi connectivity index (χ1n) is 20.7. The molecule has 320 valence electrons. The predicted octanol–water partition coefficient (Wildman–Crippen LogP) is 8.59. The zero-order valence-electron chi connectivity index (χ0n) is 33.9. The summed E-state index contributed by atoms with van der Waals surface area (Å²) in [5.74, 6) is -0.451. The van der Waals surface area contributed by atoms with Crippen LogP contribution in [0, 0.1) is 11.6 Å². The number of benzene rings is 4. The lowest BCUT2D eigenvalue weighted by atomic mass is 9.90. The van der Waals surface area contributed by atoms with Crippen molar-refractivity contribution in [2.24, 2.45) is 5.73 Å². The van der Waals surface area contributed by atoms with Gasteiger partial charge in [-0.25, -0.2) is 13.6 Å². The molecule has 4 fully saturated rings. The molecule has 4 aromatic carbocycles. The predicted molar refractivity (Wildman–Crippen MR) is 238 cm³/mol. The number of carbonyl (C=O) groups excluding carboxylic acids is 3. The first-order chi connectivity index (χ1) is 29.4. The highest BCUT2D eigenvalue weighted by atomic mass is 35.5. The number of hydrogen-bond donors (Lipinski definition) is 3. The van der Waals surface area contributed by atoms with Gasteiger partial charge in [-0.15, -0.1) is 0 Å². The van der Waals surface area contributed by atoms with E-state index in [0.717, 1.165) is 94.5 Å². The quantitative estimate of drug-likeness (QED) is 0.114. The van der Waals surface area contributed by atoms with E-state index in [1.807, 2.05) is 40.1 Å². The summed E-state index contributed by atoms with van der Waals surface area (Å²) in [4.78, 5) is 46.2. The number of nitrogen functional groups attached to an aromatic ring is 1. The van der Waals surface area contributed by atoms with Gasteiger partial charge in [0.25, 0.3) is 0 Å². The second kappa shape index (κ2) is 20.1. The topological polar surface area (TPSA) is 128 Å². The Kier molecular flexibility index (Phi) is 14.4. The molecule has 0 aromatic heterocycles. The van der Waals surface area contributed by atoms with Crippen molar-refractivity contribution in [3.05, 3.63) is 141 Å². The molecule has 4 saturated heterocycles. The molecule has 4 unspecified atom stereocenters. The minimum atomic E-state index is -0.694. The molecule has 0 spiro atoms. The van der Waals surface area contributed by atoms with E-state index in [0.29, 0.717) is 27.0 Å². The molecule has 10 nitrogen and oxygen atoms in total. The molecular formula is C47H51Cl2F2N7O3. The van der Waals surface area contributed by atoms with Crippen LogP contribution < -0.4 is 16.8 Å². The third kappa shape index (κ3) is 11.6. The number of urea groups is 1. The number of anilines is 2. The van der Waals surface area contributed by atoms with Crippen LogP contribution in [0.1, 0.15) is 60.8 Å². The smallest absolute Gasteiger partial charge is 0.316 e. The summed E-state index contributed by atoms with van der Waals surface area (Å²) in [6.45, 7) is 4.81. The fourth-order valence-electron chi connectivity index (χ4n) is 9.17. The molecule has 4 aliphatic heterocycles. The van der Waals surface area contributed by atoms with E-state index in [-0.39, 0.29) is 47.6 Å². The lowest BCUT2D eigenvalue weighted by molar-refractivity contribution is -0.138. The van der Waals surface area contributed by atoms with Crippen LogP contribution in [0.2, 0.25) is 10.0 Å². The number of carbonyl (C=O) groups is 3. The molecule has 61 heavy (non-hydrogen) atoms. The van der Waals surface area contributed by atoms with Gasteiger partial charge in [-0.2, -0.15) is 0 Å². The molecule has 4 aromatic rings. The van der Waals surface area contributed by atoms with Gasteiger partial charge in [0, 0.05) is 91.3 Å². The molecule has 0 radical (unpaired) electrons. The first-order valence-corrected chi connectivity index (χ1v) is 21.5. The zero-order chi connectivity index (χ0) is 43.0. The maximum Gasteiger partial charge on any atom is 0.316 e. The Hall–Kier alpha value is -5.27. The molecule has 4 atom stereocenters. The van der Waals surface area contributed by atoms with Crippen molar-refractivity contribution in [1.29, 1.82) is 0 Å².